The van der Waals surface area contributed by atoms with Crippen LogP contribution in [0.1, 0.15) is 43.6 Å². The van der Waals surface area contributed by atoms with E-state index in [1.165, 1.54) is 23.0 Å². The van der Waals surface area contributed by atoms with Crippen LogP contribution in [-0.4, -0.2) is 56.1 Å². The first-order valence-electron chi connectivity index (χ1n) is 11.1. The Morgan fingerprint density at radius 1 is 1.00 bits per heavy atom. The maximum absolute atomic E-state index is 13.6. The molecule has 2 aromatic carbocycles. The number of rotatable bonds is 10. The van der Waals surface area contributed by atoms with Crippen LogP contribution in [0.4, 0.5) is 5.13 Å². The third kappa shape index (κ3) is 6.32. The van der Waals surface area contributed by atoms with Crippen molar-refractivity contribution in [3.63, 3.8) is 0 Å². The van der Waals surface area contributed by atoms with Crippen molar-refractivity contribution in [3.05, 3.63) is 53.6 Å². The predicted octanol–water partition coefficient (Wildman–Crippen LogP) is 5.06. The molecule has 1 aromatic heterocycles. The van der Waals surface area contributed by atoms with E-state index in [4.69, 9.17) is 4.98 Å². The zero-order chi connectivity index (χ0) is 23.3. The number of aromatic nitrogens is 1. The molecule has 0 aliphatic heterocycles. The van der Waals surface area contributed by atoms with Gasteiger partial charge in [-0.3, -0.25) is 9.69 Å². The van der Waals surface area contributed by atoms with Gasteiger partial charge in [-0.25, -0.2) is 13.4 Å². The maximum atomic E-state index is 13.6. The molecule has 6 nitrogen and oxygen atoms in total. The molecule has 0 fully saturated rings. The van der Waals surface area contributed by atoms with Gasteiger partial charge in [0.05, 0.1) is 20.9 Å². The summed E-state index contributed by atoms with van der Waals surface area (Å²) in [5, 5.41) is 0.633. The van der Waals surface area contributed by atoms with E-state index in [9.17, 15) is 13.2 Å². The fourth-order valence-corrected chi connectivity index (χ4v) is 5.48. The molecule has 0 aliphatic carbocycles. The summed E-state index contributed by atoms with van der Waals surface area (Å²) in [6, 6.07) is 12.5. The lowest BCUT2D eigenvalue weighted by Gasteiger charge is -2.25. The average molecular weight is 510 g/mol. The Morgan fingerprint density at radius 2 is 1.73 bits per heavy atom. The molecule has 0 atom stereocenters. The number of carbonyl (C=O) groups excluding carboxylic acids is 1. The number of benzene rings is 2. The molecule has 0 spiro atoms. The first-order valence-corrected chi connectivity index (χ1v) is 13.6. The van der Waals surface area contributed by atoms with Gasteiger partial charge < -0.3 is 4.90 Å². The summed E-state index contributed by atoms with van der Waals surface area (Å²) in [5.41, 5.74) is 2.45. The quantitative estimate of drug-likeness (QED) is 0.382. The highest BCUT2D eigenvalue weighted by Crippen LogP contribution is 2.31. The van der Waals surface area contributed by atoms with Gasteiger partial charge in [0, 0.05) is 18.7 Å². The van der Waals surface area contributed by atoms with E-state index in [0.717, 1.165) is 29.7 Å². The Morgan fingerprint density at radius 3 is 2.36 bits per heavy atom. The van der Waals surface area contributed by atoms with Crippen LogP contribution in [-0.2, 0) is 16.3 Å². The number of sulfone groups is 1. The average Bonchev–Trinajstić information content (AvgIpc) is 3.24. The van der Waals surface area contributed by atoms with Gasteiger partial charge in [0.1, 0.15) is 0 Å². The molecule has 33 heavy (non-hydrogen) atoms. The first-order chi connectivity index (χ1) is 15.3. The monoisotopic (exact) mass is 509 g/mol. The minimum absolute atomic E-state index is 0. The van der Waals surface area contributed by atoms with E-state index in [1.807, 2.05) is 6.07 Å². The van der Waals surface area contributed by atoms with Crippen molar-refractivity contribution >= 4 is 54.8 Å². The van der Waals surface area contributed by atoms with Gasteiger partial charge in [-0.2, -0.15) is 0 Å². The molecular weight excluding hydrogens is 478 g/mol. The molecule has 3 aromatic rings. The summed E-state index contributed by atoms with van der Waals surface area (Å²) in [6.07, 6.45) is 0.937. The summed E-state index contributed by atoms with van der Waals surface area (Å²) >= 11 is 1.50. The smallest absolute Gasteiger partial charge is 0.260 e. The molecule has 0 N–H and O–H groups in total. The number of amides is 1. The van der Waals surface area contributed by atoms with E-state index in [-0.39, 0.29) is 29.0 Å². The maximum Gasteiger partial charge on any atom is 0.260 e. The summed E-state index contributed by atoms with van der Waals surface area (Å²) in [6.45, 7) is 10.9. The highest BCUT2D eigenvalue weighted by atomic mass is 35.5. The predicted molar refractivity (Wildman–Crippen MR) is 140 cm³/mol. The van der Waals surface area contributed by atoms with Crippen LogP contribution in [0.5, 0.6) is 0 Å². The number of nitrogens with zero attached hydrogens (tertiary/aromatic N) is 3. The van der Waals surface area contributed by atoms with Crippen molar-refractivity contribution in [1.82, 2.24) is 9.88 Å². The van der Waals surface area contributed by atoms with Crippen molar-refractivity contribution < 1.29 is 13.2 Å². The number of thiazole rings is 1. The normalized spacial score (nSPS) is 11.5. The fraction of sp³-hybridized carbons (Fsp3) is 0.417. The molecule has 0 unspecified atom stereocenters. The van der Waals surface area contributed by atoms with Gasteiger partial charge in [-0.1, -0.05) is 51.2 Å². The second-order valence-corrected chi connectivity index (χ2v) is 10.9. The zero-order valence-corrected chi connectivity index (χ0v) is 22.0. The Hall–Kier alpha value is -2.00. The molecule has 1 heterocycles. The van der Waals surface area contributed by atoms with Gasteiger partial charge in [0.25, 0.3) is 5.91 Å². The molecule has 3 rings (SSSR count). The second-order valence-electron chi connectivity index (χ2n) is 7.57. The third-order valence-corrected chi connectivity index (χ3v) is 8.45. The Bertz CT molecular complexity index is 1190. The number of hydrogen-bond acceptors (Lipinski definition) is 6. The van der Waals surface area contributed by atoms with Crippen LogP contribution in [0.15, 0.2) is 47.4 Å². The van der Waals surface area contributed by atoms with E-state index < -0.39 is 9.84 Å². The molecule has 0 radical (unpaired) electrons. The summed E-state index contributed by atoms with van der Waals surface area (Å²) in [5.74, 6) is -0.242. The molecule has 0 saturated carbocycles. The molecule has 1 amide bonds. The Balaban J connectivity index is 0.00000385. The minimum Gasteiger partial charge on any atom is -0.302 e. The lowest BCUT2D eigenvalue weighted by molar-refractivity contribution is 0.0983. The van der Waals surface area contributed by atoms with Gasteiger partial charge in [0.2, 0.25) is 0 Å². The molecule has 0 bridgehead atoms. The van der Waals surface area contributed by atoms with Gasteiger partial charge in [-0.05, 0) is 55.4 Å². The van der Waals surface area contributed by atoms with Crippen molar-refractivity contribution in [3.8, 4) is 0 Å². The fourth-order valence-electron chi connectivity index (χ4n) is 3.50. The van der Waals surface area contributed by atoms with Gasteiger partial charge in [-0.15, -0.1) is 12.4 Å². The van der Waals surface area contributed by atoms with Crippen LogP contribution in [0.3, 0.4) is 0 Å². The van der Waals surface area contributed by atoms with Gasteiger partial charge in [0.15, 0.2) is 15.0 Å². The molecule has 0 saturated heterocycles. The van der Waals surface area contributed by atoms with Crippen LogP contribution in [0.2, 0.25) is 0 Å². The Kier molecular flexibility index (Phi) is 9.84. The third-order valence-electron chi connectivity index (χ3n) is 5.68. The number of fused-ring (bicyclic) bond motifs is 1. The van der Waals surface area contributed by atoms with Crippen molar-refractivity contribution in [2.45, 2.75) is 39.0 Å². The van der Waals surface area contributed by atoms with Gasteiger partial charge >= 0.3 is 0 Å². The number of aryl methyl sites for hydroxylation is 1. The number of carbonyl (C=O) groups is 1. The highest BCUT2D eigenvalue weighted by Gasteiger charge is 2.23. The lowest BCUT2D eigenvalue weighted by atomic mass is 10.2. The van der Waals surface area contributed by atoms with Crippen molar-refractivity contribution in [1.29, 1.82) is 0 Å². The SMILES string of the molecule is CCc1ccc2nc(N(CCN(CC)CC)C(=O)c3cccc(S(=O)(=O)CC)c3)sc2c1.Cl. The summed E-state index contributed by atoms with van der Waals surface area (Å²) in [4.78, 5) is 22.4. The summed E-state index contributed by atoms with van der Waals surface area (Å²) in [7, 11) is -3.40. The first kappa shape index (κ1) is 27.2. The van der Waals surface area contributed by atoms with Crippen LogP contribution in [0, 0.1) is 0 Å². The minimum atomic E-state index is -3.40. The molecule has 9 heteroatoms. The highest BCUT2D eigenvalue weighted by molar-refractivity contribution is 7.91. The lowest BCUT2D eigenvalue weighted by Crippen LogP contribution is -2.39. The number of likely N-dealkylation sites (N-methyl/N-ethyl adjacent to an activating group) is 1. The number of halogens is 1. The van der Waals surface area contributed by atoms with E-state index in [1.54, 1.807) is 30.0 Å². The van der Waals surface area contributed by atoms with E-state index in [0.29, 0.717) is 23.8 Å². The number of anilines is 1. The second kappa shape index (κ2) is 11.9. The molecular formula is C24H32ClN3O3S2. The van der Waals surface area contributed by atoms with Crippen molar-refractivity contribution in [2.75, 3.05) is 36.8 Å². The Labute approximate surface area is 207 Å². The van der Waals surface area contributed by atoms with E-state index in [2.05, 4.69) is 37.8 Å². The van der Waals surface area contributed by atoms with Crippen molar-refractivity contribution in [2.24, 2.45) is 0 Å². The molecule has 180 valence electrons. The summed E-state index contributed by atoms with van der Waals surface area (Å²) < 4.78 is 25.7. The molecule has 0 aliphatic rings. The zero-order valence-electron chi connectivity index (χ0n) is 19.6. The topological polar surface area (TPSA) is 70.6 Å². The van der Waals surface area contributed by atoms with E-state index >= 15 is 0 Å². The van der Waals surface area contributed by atoms with Crippen LogP contribution < -0.4 is 4.90 Å². The van der Waals surface area contributed by atoms with Crippen LogP contribution >= 0.6 is 23.7 Å². The number of hydrogen-bond donors (Lipinski definition) is 0. The van der Waals surface area contributed by atoms with Crippen LogP contribution in [0.25, 0.3) is 10.2 Å². The standard InChI is InChI=1S/C24H31N3O3S2.ClH/c1-5-18-12-13-21-22(16-18)31-24(25-21)27(15-14-26(6-2)7-3)23(28)19-10-9-11-20(17-19)32(29,30)8-4;/h9-13,16-17H,5-8,14-15H2,1-4H3;1H. The largest absolute Gasteiger partial charge is 0.302 e.